The highest BCUT2D eigenvalue weighted by atomic mass is 79.9. The van der Waals surface area contributed by atoms with Gasteiger partial charge in [0.2, 0.25) is 0 Å². The fraction of sp³-hybridized carbons (Fsp3) is 0.167. The molecule has 5 heteroatoms. The van der Waals surface area contributed by atoms with Gasteiger partial charge in [-0.2, -0.15) is 0 Å². The van der Waals surface area contributed by atoms with Gasteiger partial charge < -0.3 is 5.32 Å². The molecule has 1 heterocycles. The van der Waals surface area contributed by atoms with Crippen LogP contribution in [0.25, 0.3) is 0 Å². The Morgan fingerprint density at radius 1 is 1.18 bits per heavy atom. The van der Waals surface area contributed by atoms with Crippen LogP contribution >= 0.6 is 27.5 Å². The first-order valence-corrected chi connectivity index (χ1v) is 6.27. The van der Waals surface area contributed by atoms with Crippen molar-refractivity contribution in [3.63, 3.8) is 0 Å². The molecule has 1 N–H and O–H groups in total. The van der Waals surface area contributed by atoms with Gasteiger partial charge in [0.15, 0.2) is 11.0 Å². The first kappa shape index (κ1) is 12.3. The Kier molecular flexibility index (Phi) is 3.64. The number of nitrogens with zero attached hydrogens (tertiary/aromatic N) is 2. The molecule has 0 spiro atoms. The predicted molar refractivity (Wildman–Crippen MR) is 73.9 cm³/mol. The van der Waals surface area contributed by atoms with Gasteiger partial charge in [0.25, 0.3) is 0 Å². The number of rotatable bonds is 2. The van der Waals surface area contributed by atoms with E-state index in [0.29, 0.717) is 5.15 Å². The van der Waals surface area contributed by atoms with E-state index in [1.807, 2.05) is 38.1 Å². The van der Waals surface area contributed by atoms with Crippen LogP contribution < -0.4 is 5.32 Å². The summed E-state index contributed by atoms with van der Waals surface area (Å²) in [5.74, 6) is 0.727. The minimum atomic E-state index is 0.447. The average molecular weight is 313 g/mol. The first-order chi connectivity index (χ1) is 8.08. The number of hydrogen-bond acceptors (Lipinski definition) is 3. The molecule has 0 atom stereocenters. The Bertz CT molecular complexity index is 557. The smallest absolute Gasteiger partial charge is 0.156 e. The van der Waals surface area contributed by atoms with Crippen molar-refractivity contribution in [3.05, 3.63) is 45.0 Å². The minimum absolute atomic E-state index is 0.447. The molecule has 2 aromatic rings. The molecule has 0 aliphatic rings. The van der Waals surface area contributed by atoms with Crippen molar-refractivity contribution in [2.45, 2.75) is 13.8 Å². The van der Waals surface area contributed by atoms with Crippen molar-refractivity contribution < 1.29 is 0 Å². The SMILES string of the molecule is Cc1c(Cl)nnc(Nc2cccc(Br)c2)c1C. The molecule has 0 bridgehead atoms. The van der Waals surface area contributed by atoms with Crippen LogP contribution in [-0.4, -0.2) is 10.2 Å². The second kappa shape index (κ2) is 5.02. The molecule has 0 amide bonds. The molecule has 3 nitrogen and oxygen atoms in total. The molecule has 0 aliphatic heterocycles. The van der Waals surface area contributed by atoms with Crippen LogP contribution in [0.5, 0.6) is 0 Å². The highest BCUT2D eigenvalue weighted by Crippen LogP contribution is 2.24. The largest absolute Gasteiger partial charge is 0.338 e. The monoisotopic (exact) mass is 311 g/mol. The van der Waals surface area contributed by atoms with E-state index in [-0.39, 0.29) is 0 Å². The fourth-order valence-corrected chi connectivity index (χ4v) is 1.98. The minimum Gasteiger partial charge on any atom is -0.338 e. The maximum atomic E-state index is 5.91. The van der Waals surface area contributed by atoms with E-state index in [1.54, 1.807) is 0 Å². The zero-order valence-corrected chi connectivity index (χ0v) is 11.8. The molecule has 0 radical (unpaired) electrons. The van der Waals surface area contributed by atoms with E-state index in [0.717, 1.165) is 27.1 Å². The summed E-state index contributed by atoms with van der Waals surface area (Å²) in [6.45, 7) is 3.90. The number of halogens is 2. The second-order valence-electron chi connectivity index (χ2n) is 3.72. The highest BCUT2D eigenvalue weighted by molar-refractivity contribution is 9.10. The van der Waals surface area contributed by atoms with Gasteiger partial charge in [-0.05, 0) is 43.2 Å². The van der Waals surface area contributed by atoms with Crippen molar-refractivity contribution in [2.75, 3.05) is 5.32 Å². The third kappa shape index (κ3) is 2.76. The van der Waals surface area contributed by atoms with E-state index in [2.05, 4.69) is 31.4 Å². The van der Waals surface area contributed by atoms with E-state index >= 15 is 0 Å². The van der Waals surface area contributed by atoms with Crippen molar-refractivity contribution in [1.82, 2.24) is 10.2 Å². The molecular formula is C12H11BrClN3. The Morgan fingerprint density at radius 3 is 2.65 bits per heavy atom. The average Bonchev–Trinajstić information content (AvgIpc) is 2.30. The molecule has 2 rings (SSSR count). The van der Waals surface area contributed by atoms with Crippen LogP contribution in [0.4, 0.5) is 11.5 Å². The van der Waals surface area contributed by atoms with Crippen LogP contribution in [0.15, 0.2) is 28.7 Å². The Balaban J connectivity index is 2.34. The summed E-state index contributed by atoms with van der Waals surface area (Å²) in [5, 5.41) is 11.6. The third-order valence-electron chi connectivity index (χ3n) is 2.55. The molecule has 0 saturated heterocycles. The topological polar surface area (TPSA) is 37.8 Å². The van der Waals surface area contributed by atoms with Crippen molar-refractivity contribution in [2.24, 2.45) is 0 Å². The Morgan fingerprint density at radius 2 is 1.94 bits per heavy atom. The molecule has 0 aliphatic carbocycles. The van der Waals surface area contributed by atoms with Crippen LogP contribution in [0.3, 0.4) is 0 Å². The maximum absolute atomic E-state index is 5.91. The number of nitrogens with one attached hydrogen (secondary N) is 1. The maximum Gasteiger partial charge on any atom is 0.156 e. The molecule has 0 saturated carbocycles. The fourth-order valence-electron chi connectivity index (χ4n) is 1.40. The standard InChI is InChI=1S/C12H11BrClN3/c1-7-8(2)12(17-16-11(7)14)15-10-5-3-4-9(13)6-10/h3-6H,1-2H3,(H,15,17). The summed E-state index contributed by atoms with van der Waals surface area (Å²) in [6.07, 6.45) is 0. The molecule has 1 aromatic carbocycles. The first-order valence-electron chi connectivity index (χ1n) is 5.10. The van der Waals surface area contributed by atoms with Gasteiger partial charge in [-0.1, -0.05) is 33.6 Å². The van der Waals surface area contributed by atoms with Crippen molar-refractivity contribution in [1.29, 1.82) is 0 Å². The van der Waals surface area contributed by atoms with Gasteiger partial charge in [0.1, 0.15) is 0 Å². The summed E-state index contributed by atoms with van der Waals surface area (Å²) in [6, 6.07) is 7.87. The van der Waals surface area contributed by atoms with E-state index in [9.17, 15) is 0 Å². The van der Waals surface area contributed by atoms with Gasteiger partial charge in [0.05, 0.1) is 0 Å². The molecule has 88 valence electrons. The van der Waals surface area contributed by atoms with Gasteiger partial charge in [-0.25, -0.2) is 0 Å². The molecule has 0 fully saturated rings. The van der Waals surface area contributed by atoms with E-state index in [4.69, 9.17) is 11.6 Å². The lowest BCUT2D eigenvalue weighted by Crippen LogP contribution is -2.01. The van der Waals surface area contributed by atoms with Gasteiger partial charge >= 0.3 is 0 Å². The van der Waals surface area contributed by atoms with Gasteiger partial charge in [-0.15, -0.1) is 10.2 Å². The molecular weight excluding hydrogens is 302 g/mol. The van der Waals surface area contributed by atoms with Crippen LogP contribution in [0.1, 0.15) is 11.1 Å². The van der Waals surface area contributed by atoms with Crippen LogP contribution in [-0.2, 0) is 0 Å². The molecule has 0 unspecified atom stereocenters. The summed E-state index contributed by atoms with van der Waals surface area (Å²) < 4.78 is 1.01. The summed E-state index contributed by atoms with van der Waals surface area (Å²) in [7, 11) is 0. The number of anilines is 2. The Labute approximate surface area is 113 Å². The van der Waals surface area contributed by atoms with Gasteiger partial charge in [-0.3, -0.25) is 0 Å². The van der Waals surface area contributed by atoms with Crippen LogP contribution in [0.2, 0.25) is 5.15 Å². The summed E-state index contributed by atoms with van der Waals surface area (Å²) >= 11 is 9.33. The predicted octanol–water partition coefficient (Wildman–Crippen LogP) is 4.25. The van der Waals surface area contributed by atoms with Crippen LogP contribution in [0, 0.1) is 13.8 Å². The number of benzene rings is 1. The molecule has 17 heavy (non-hydrogen) atoms. The molecule has 1 aromatic heterocycles. The lowest BCUT2D eigenvalue weighted by molar-refractivity contribution is 1.00. The lowest BCUT2D eigenvalue weighted by atomic mass is 10.2. The number of hydrogen-bond donors (Lipinski definition) is 1. The van der Waals surface area contributed by atoms with Crippen molar-refractivity contribution >= 4 is 39.0 Å². The third-order valence-corrected chi connectivity index (χ3v) is 3.40. The summed E-state index contributed by atoms with van der Waals surface area (Å²) in [4.78, 5) is 0. The van der Waals surface area contributed by atoms with Crippen molar-refractivity contribution in [3.8, 4) is 0 Å². The highest BCUT2D eigenvalue weighted by Gasteiger charge is 2.08. The normalized spacial score (nSPS) is 10.4. The quantitative estimate of drug-likeness (QED) is 0.900. The van der Waals surface area contributed by atoms with E-state index in [1.165, 1.54) is 0 Å². The zero-order valence-electron chi connectivity index (χ0n) is 9.46. The van der Waals surface area contributed by atoms with E-state index < -0.39 is 0 Å². The summed E-state index contributed by atoms with van der Waals surface area (Å²) in [5.41, 5.74) is 2.91. The zero-order chi connectivity index (χ0) is 12.4. The number of aromatic nitrogens is 2. The lowest BCUT2D eigenvalue weighted by Gasteiger charge is -2.10. The Hall–Kier alpha value is -1.13. The van der Waals surface area contributed by atoms with Gasteiger partial charge in [0, 0.05) is 10.2 Å². The second-order valence-corrected chi connectivity index (χ2v) is 5.00.